The first-order valence-electron chi connectivity index (χ1n) is 6.32. The Kier molecular flexibility index (Phi) is 4.57. The lowest BCUT2D eigenvalue weighted by atomic mass is 10.1. The summed E-state index contributed by atoms with van der Waals surface area (Å²) in [6, 6.07) is 5.64. The van der Waals surface area contributed by atoms with Crippen LogP contribution in [0.1, 0.15) is 24.2 Å². The van der Waals surface area contributed by atoms with Crippen LogP contribution >= 0.6 is 0 Å². The highest BCUT2D eigenvalue weighted by Gasteiger charge is 2.11. The van der Waals surface area contributed by atoms with Crippen LogP contribution in [-0.4, -0.2) is 35.6 Å². The molecule has 1 aromatic carbocycles. The summed E-state index contributed by atoms with van der Waals surface area (Å²) in [5.74, 6) is 2.36. The monoisotopic (exact) mass is 278 g/mol. The van der Waals surface area contributed by atoms with E-state index in [4.69, 9.17) is 14.0 Å². The van der Waals surface area contributed by atoms with Crippen LogP contribution in [0.15, 0.2) is 22.7 Å². The van der Waals surface area contributed by atoms with Crippen LogP contribution in [0.5, 0.6) is 11.5 Å². The number of hydrogen-bond donors (Lipinski definition) is 1. The third-order valence-electron chi connectivity index (χ3n) is 2.79. The van der Waals surface area contributed by atoms with E-state index >= 15 is 0 Å². The third kappa shape index (κ3) is 3.48. The molecule has 0 amide bonds. The topological polar surface area (TPSA) is 77.6 Å². The molecule has 2 aromatic rings. The zero-order valence-electron chi connectivity index (χ0n) is 11.8. The Morgan fingerprint density at radius 1 is 1.25 bits per heavy atom. The predicted octanol–water partition coefficient (Wildman–Crippen LogP) is 1.60. The minimum absolute atomic E-state index is 0.360. The lowest BCUT2D eigenvalue weighted by Crippen LogP contribution is -2.04. The van der Waals surface area contributed by atoms with Gasteiger partial charge in [-0.2, -0.15) is 4.98 Å². The molecule has 0 fully saturated rings. The number of rotatable bonds is 6. The Balaban J connectivity index is 2.11. The van der Waals surface area contributed by atoms with Gasteiger partial charge in [0.15, 0.2) is 17.3 Å². The van der Waals surface area contributed by atoms with Gasteiger partial charge in [-0.3, -0.25) is 0 Å². The Morgan fingerprint density at radius 3 is 2.65 bits per heavy atom. The summed E-state index contributed by atoms with van der Waals surface area (Å²) in [6.07, 6.45) is 0.396. The summed E-state index contributed by atoms with van der Waals surface area (Å²) < 4.78 is 15.5. The number of nitrogens with zero attached hydrogens (tertiary/aromatic N) is 2. The molecule has 0 aliphatic carbocycles. The molecule has 1 N–H and O–H groups in total. The smallest absolute Gasteiger partial charge is 0.229 e. The van der Waals surface area contributed by atoms with Crippen molar-refractivity contribution in [1.29, 1.82) is 0 Å². The van der Waals surface area contributed by atoms with Crippen molar-refractivity contribution in [2.45, 2.75) is 25.9 Å². The molecule has 1 aromatic heterocycles. The van der Waals surface area contributed by atoms with Crippen LogP contribution in [0, 0.1) is 0 Å². The van der Waals surface area contributed by atoms with Gasteiger partial charge >= 0.3 is 0 Å². The van der Waals surface area contributed by atoms with Gasteiger partial charge in [-0.25, -0.2) is 0 Å². The van der Waals surface area contributed by atoms with Gasteiger partial charge in [-0.1, -0.05) is 11.2 Å². The van der Waals surface area contributed by atoms with E-state index in [0.29, 0.717) is 36.1 Å². The molecule has 0 saturated heterocycles. The highest BCUT2D eigenvalue weighted by atomic mass is 16.5. The molecule has 0 bridgehead atoms. The first-order valence-corrected chi connectivity index (χ1v) is 6.32. The number of hydrogen-bond acceptors (Lipinski definition) is 6. The van der Waals surface area contributed by atoms with Crippen molar-refractivity contribution in [2.24, 2.45) is 0 Å². The van der Waals surface area contributed by atoms with Crippen molar-refractivity contribution in [2.75, 3.05) is 14.2 Å². The van der Waals surface area contributed by atoms with E-state index in [9.17, 15) is 5.11 Å². The van der Waals surface area contributed by atoms with Gasteiger partial charge in [-0.15, -0.1) is 0 Å². The van der Waals surface area contributed by atoms with Crippen molar-refractivity contribution in [3.05, 3.63) is 35.5 Å². The number of aliphatic hydroxyl groups excluding tert-OH is 1. The minimum Gasteiger partial charge on any atom is -0.493 e. The van der Waals surface area contributed by atoms with Gasteiger partial charge in [0.05, 0.1) is 26.7 Å². The molecule has 0 spiro atoms. The second kappa shape index (κ2) is 6.38. The zero-order valence-corrected chi connectivity index (χ0v) is 11.8. The summed E-state index contributed by atoms with van der Waals surface area (Å²) in [6.45, 7) is 1.68. The number of aromatic nitrogens is 2. The van der Waals surface area contributed by atoms with E-state index in [1.165, 1.54) is 0 Å². The molecule has 1 atom stereocenters. The van der Waals surface area contributed by atoms with Gasteiger partial charge in [0.2, 0.25) is 5.89 Å². The summed E-state index contributed by atoms with van der Waals surface area (Å²) in [5, 5.41) is 13.2. The van der Waals surface area contributed by atoms with Crippen LogP contribution in [0.3, 0.4) is 0 Å². The molecule has 0 saturated carbocycles. The maximum atomic E-state index is 9.27. The Labute approximate surface area is 117 Å². The lowest BCUT2D eigenvalue weighted by Gasteiger charge is -2.08. The summed E-state index contributed by atoms with van der Waals surface area (Å²) in [5.41, 5.74) is 0.993. The number of aliphatic hydroxyl groups is 1. The minimum atomic E-state index is -0.496. The standard InChI is InChI=1S/C14H18N2O4/c1-9(17)6-14-15-13(16-20-14)8-10-4-5-11(18-2)12(7-10)19-3/h4-5,7,9,17H,6,8H2,1-3H3. The van der Waals surface area contributed by atoms with Crippen LogP contribution in [-0.2, 0) is 12.8 Å². The largest absolute Gasteiger partial charge is 0.493 e. The summed E-state index contributed by atoms with van der Waals surface area (Å²) in [7, 11) is 3.19. The Bertz CT molecular complexity index is 566. The first-order chi connectivity index (χ1) is 9.62. The molecule has 0 aliphatic heterocycles. The maximum Gasteiger partial charge on any atom is 0.229 e. The van der Waals surface area contributed by atoms with E-state index in [0.717, 1.165) is 5.56 Å². The molecule has 0 radical (unpaired) electrons. The molecule has 6 nitrogen and oxygen atoms in total. The lowest BCUT2D eigenvalue weighted by molar-refractivity contribution is 0.181. The molecule has 1 unspecified atom stereocenters. The highest BCUT2D eigenvalue weighted by molar-refractivity contribution is 5.43. The molecule has 0 aliphatic rings. The van der Waals surface area contributed by atoms with E-state index in [1.807, 2.05) is 18.2 Å². The van der Waals surface area contributed by atoms with Crippen molar-refractivity contribution in [3.63, 3.8) is 0 Å². The van der Waals surface area contributed by atoms with E-state index < -0.39 is 6.10 Å². The summed E-state index contributed by atoms with van der Waals surface area (Å²) >= 11 is 0. The fraction of sp³-hybridized carbons (Fsp3) is 0.429. The van der Waals surface area contributed by atoms with Crippen LogP contribution in [0.25, 0.3) is 0 Å². The Hall–Kier alpha value is -2.08. The molecular weight excluding hydrogens is 260 g/mol. The van der Waals surface area contributed by atoms with Crippen molar-refractivity contribution >= 4 is 0 Å². The van der Waals surface area contributed by atoms with Crippen LogP contribution in [0.4, 0.5) is 0 Å². The Morgan fingerprint density at radius 2 is 2.00 bits per heavy atom. The normalized spacial score (nSPS) is 12.2. The van der Waals surface area contributed by atoms with Gasteiger partial charge < -0.3 is 19.1 Å². The molecule has 2 rings (SSSR count). The quantitative estimate of drug-likeness (QED) is 0.864. The third-order valence-corrected chi connectivity index (χ3v) is 2.79. The van der Waals surface area contributed by atoms with Gasteiger partial charge in [-0.05, 0) is 24.6 Å². The zero-order chi connectivity index (χ0) is 14.5. The first kappa shape index (κ1) is 14.3. The fourth-order valence-electron chi connectivity index (χ4n) is 1.87. The molecular formula is C14H18N2O4. The molecule has 6 heteroatoms. The number of benzene rings is 1. The van der Waals surface area contributed by atoms with Crippen LogP contribution in [0.2, 0.25) is 0 Å². The molecule has 108 valence electrons. The SMILES string of the molecule is COc1ccc(Cc2noc(CC(C)O)n2)cc1OC. The highest BCUT2D eigenvalue weighted by Crippen LogP contribution is 2.28. The fourth-order valence-corrected chi connectivity index (χ4v) is 1.87. The summed E-state index contributed by atoms with van der Waals surface area (Å²) in [4.78, 5) is 4.23. The van der Waals surface area contributed by atoms with Gasteiger partial charge in [0.25, 0.3) is 0 Å². The number of methoxy groups -OCH3 is 2. The van der Waals surface area contributed by atoms with Crippen molar-refractivity contribution < 1.29 is 19.1 Å². The maximum absolute atomic E-state index is 9.27. The van der Waals surface area contributed by atoms with Gasteiger partial charge in [0.1, 0.15) is 0 Å². The van der Waals surface area contributed by atoms with E-state index in [-0.39, 0.29) is 0 Å². The second-order valence-corrected chi connectivity index (χ2v) is 4.52. The molecule has 1 heterocycles. The second-order valence-electron chi connectivity index (χ2n) is 4.52. The molecule has 20 heavy (non-hydrogen) atoms. The van der Waals surface area contributed by atoms with Crippen LogP contribution < -0.4 is 9.47 Å². The van der Waals surface area contributed by atoms with Crippen molar-refractivity contribution in [1.82, 2.24) is 10.1 Å². The van der Waals surface area contributed by atoms with Gasteiger partial charge in [0, 0.05) is 6.42 Å². The average Bonchev–Trinajstić information content (AvgIpc) is 2.85. The van der Waals surface area contributed by atoms with E-state index in [1.54, 1.807) is 21.1 Å². The predicted molar refractivity (Wildman–Crippen MR) is 72.0 cm³/mol. The average molecular weight is 278 g/mol. The van der Waals surface area contributed by atoms with Crippen molar-refractivity contribution in [3.8, 4) is 11.5 Å². The number of ether oxygens (including phenoxy) is 2. The van der Waals surface area contributed by atoms with E-state index in [2.05, 4.69) is 10.1 Å².